The highest BCUT2D eigenvalue weighted by Crippen LogP contribution is 2.22. The van der Waals surface area contributed by atoms with Crippen molar-refractivity contribution in [1.29, 1.82) is 0 Å². The fourth-order valence-corrected chi connectivity index (χ4v) is 3.57. The van der Waals surface area contributed by atoms with Crippen LogP contribution in [0.4, 0.5) is 10.1 Å². The molecule has 3 N–H and O–H groups in total. The number of carbonyl (C=O) groups excluding carboxylic acids is 2. The molecule has 1 aliphatic heterocycles. The lowest BCUT2D eigenvalue weighted by atomic mass is 10.1. The van der Waals surface area contributed by atoms with E-state index in [0.29, 0.717) is 41.5 Å². The minimum atomic E-state index is -0.509. The molecule has 0 radical (unpaired) electrons. The lowest BCUT2D eigenvalue weighted by Crippen LogP contribution is -2.52. The van der Waals surface area contributed by atoms with Crippen molar-refractivity contribution in [2.45, 2.75) is 19.5 Å². The van der Waals surface area contributed by atoms with Crippen LogP contribution in [0.3, 0.4) is 0 Å². The molecule has 0 spiro atoms. The largest absolute Gasteiger partial charge is 0.366 e. The first kappa shape index (κ1) is 21.2. The van der Waals surface area contributed by atoms with Crippen LogP contribution in [0, 0.1) is 5.82 Å². The van der Waals surface area contributed by atoms with Crippen molar-refractivity contribution in [3.8, 4) is 0 Å². The van der Waals surface area contributed by atoms with Gasteiger partial charge in [-0.15, -0.1) is 0 Å². The molecule has 1 aliphatic rings. The van der Waals surface area contributed by atoms with Crippen LogP contribution >= 0.6 is 11.6 Å². The second-order valence-electron chi connectivity index (χ2n) is 7.12. The Hall–Kier alpha value is -2.48. The molecule has 3 rings (SSSR count). The highest BCUT2D eigenvalue weighted by Gasteiger charge is 2.26. The van der Waals surface area contributed by atoms with Gasteiger partial charge in [0, 0.05) is 54.6 Å². The first-order chi connectivity index (χ1) is 13.8. The maximum absolute atomic E-state index is 14.0. The Kier molecular flexibility index (Phi) is 6.84. The zero-order chi connectivity index (χ0) is 21.0. The quantitative estimate of drug-likeness (QED) is 0.756. The molecule has 8 heteroatoms. The zero-order valence-electron chi connectivity index (χ0n) is 16.2. The number of nitrogens with two attached hydrogens (primary N) is 1. The topological polar surface area (TPSA) is 78.7 Å². The number of primary amides is 1. The number of hydrogen-bond acceptors (Lipinski definition) is 4. The SMILES string of the molecule is CC(C(=O)Nc1ccc(C(N)=O)cc1)N1CCN(Cc2c(F)cccc2Cl)CC1. The van der Waals surface area contributed by atoms with Crippen LogP contribution in [-0.4, -0.2) is 53.8 Å². The number of hydrogen-bond donors (Lipinski definition) is 2. The summed E-state index contributed by atoms with van der Waals surface area (Å²) in [5.74, 6) is -0.928. The van der Waals surface area contributed by atoms with E-state index in [4.69, 9.17) is 17.3 Å². The number of carbonyl (C=O) groups is 2. The Morgan fingerprint density at radius 3 is 2.38 bits per heavy atom. The average Bonchev–Trinajstić information content (AvgIpc) is 2.71. The van der Waals surface area contributed by atoms with Crippen LogP contribution in [0.1, 0.15) is 22.8 Å². The second-order valence-corrected chi connectivity index (χ2v) is 7.53. The summed E-state index contributed by atoms with van der Waals surface area (Å²) in [4.78, 5) is 27.9. The van der Waals surface area contributed by atoms with E-state index in [2.05, 4.69) is 15.1 Å². The molecule has 0 saturated carbocycles. The summed E-state index contributed by atoms with van der Waals surface area (Å²) >= 11 is 6.12. The van der Waals surface area contributed by atoms with Gasteiger partial charge in [0.25, 0.3) is 0 Å². The first-order valence-electron chi connectivity index (χ1n) is 9.45. The van der Waals surface area contributed by atoms with Crippen molar-refractivity contribution in [3.05, 3.63) is 64.4 Å². The number of piperazine rings is 1. The first-order valence-corrected chi connectivity index (χ1v) is 9.83. The minimum Gasteiger partial charge on any atom is -0.366 e. The number of benzene rings is 2. The van der Waals surface area contributed by atoms with E-state index in [1.807, 2.05) is 6.92 Å². The van der Waals surface area contributed by atoms with Gasteiger partial charge in [0.05, 0.1) is 6.04 Å². The van der Waals surface area contributed by atoms with Crippen LogP contribution in [-0.2, 0) is 11.3 Å². The Labute approximate surface area is 174 Å². The van der Waals surface area contributed by atoms with Gasteiger partial charge in [-0.1, -0.05) is 17.7 Å². The number of anilines is 1. The van der Waals surface area contributed by atoms with Crippen LogP contribution in [0.15, 0.2) is 42.5 Å². The second kappa shape index (κ2) is 9.35. The van der Waals surface area contributed by atoms with E-state index in [1.165, 1.54) is 6.07 Å². The normalized spacial score (nSPS) is 16.4. The van der Waals surface area contributed by atoms with Crippen molar-refractivity contribution in [1.82, 2.24) is 9.80 Å². The van der Waals surface area contributed by atoms with Gasteiger partial charge >= 0.3 is 0 Å². The number of nitrogens with zero attached hydrogens (tertiary/aromatic N) is 2. The van der Waals surface area contributed by atoms with Crippen molar-refractivity contribution < 1.29 is 14.0 Å². The third kappa shape index (κ3) is 5.32. The summed E-state index contributed by atoms with van der Waals surface area (Å²) < 4.78 is 14.0. The fourth-order valence-electron chi connectivity index (χ4n) is 3.35. The molecule has 0 bridgehead atoms. The smallest absolute Gasteiger partial charge is 0.248 e. The van der Waals surface area contributed by atoms with Crippen LogP contribution < -0.4 is 11.1 Å². The molecule has 2 amide bonds. The Balaban J connectivity index is 1.52. The van der Waals surface area contributed by atoms with E-state index in [9.17, 15) is 14.0 Å². The van der Waals surface area contributed by atoms with E-state index < -0.39 is 5.91 Å². The highest BCUT2D eigenvalue weighted by molar-refractivity contribution is 6.31. The molecule has 2 aromatic rings. The van der Waals surface area contributed by atoms with Gasteiger partial charge in [-0.25, -0.2) is 4.39 Å². The minimum absolute atomic E-state index is 0.123. The third-order valence-corrected chi connectivity index (χ3v) is 5.57. The molecule has 1 atom stereocenters. The van der Waals surface area contributed by atoms with Gasteiger partial charge in [-0.2, -0.15) is 0 Å². The molecule has 6 nitrogen and oxygen atoms in total. The molecule has 2 aromatic carbocycles. The molecular formula is C21H24ClFN4O2. The van der Waals surface area contributed by atoms with Gasteiger partial charge in [0.1, 0.15) is 5.82 Å². The summed E-state index contributed by atoms with van der Waals surface area (Å²) in [6.07, 6.45) is 0. The molecule has 1 saturated heterocycles. The fraction of sp³-hybridized carbons (Fsp3) is 0.333. The van der Waals surface area contributed by atoms with Crippen molar-refractivity contribution in [2.75, 3.05) is 31.5 Å². The lowest BCUT2D eigenvalue weighted by Gasteiger charge is -2.37. The van der Waals surface area contributed by atoms with Gasteiger partial charge in [0.2, 0.25) is 11.8 Å². The van der Waals surface area contributed by atoms with E-state index in [1.54, 1.807) is 36.4 Å². The predicted octanol–water partition coefficient (Wildman–Crippen LogP) is 2.72. The van der Waals surface area contributed by atoms with Crippen LogP contribution in [0.2, 0.25) is 5.02 Å². The van der Waals surface area contributed by atoms with Crippen LogP contribution in [0.5, 0.6) is 0 Å². The Bertz CT molecular complexity index is 862. The summed E-state index contributed by atoms with van der Waals surface area (Å²) in [5.41, 5.74) is 6.73. The maximum Gasteiger partial charge on any atom is 0.248 e. The molecule has 29 heavy (non-hydrogen) atoms. The summed E-state index contributed by atoms with van der Waals surface area (Å²) in [6, 6.07) is 10.9. The number of amides is 2. The van der Waals surface area contributed by atoms with Crippen molar-refractivity contribution >= 4 is 29.1 Å². The molecule has 0 aromatic heterocycles. The highest BCUT2D eigenvalue weighted by atomic mass is 35.5. The summed E-state index contributed by atoms with van der Waals surface area (Å²) in [7, 11) is 0. The average molecular weight is 419 g/mol. The number of halogens is 2. The zero-order valence-corrected chi connectivity index (χ0v) is 17.0. The summed E-state index contributed by atoms with van der Waals surface area (Å²) in [6.45, 7) is 5.14. The molecular weight excluding hydrogens is 395 g/mol. The van der Waals surface area contributed by atoms with Crippen LogP contribution in [0.25, 0.3) is 0 Å². The third-order valence-electron chi connectivity index (χ3n) is 5.21. The molecule has 0 aliphatic carbocycles. The molecule has 1 fully saturated rings. The molecule has 154 valence electrons. The van der Waals surface area contributed by atoms with E-state index in [-0.39, 0.29) is 17.8 Å². The monoisotopic (exact) mass is 418 g/mol. The van der Waals surface area contributed by atoms with E-state index >= 15 is 0 Å². The van der Waals surface area contributed by atoms with Gasteiger partial charge in [-0.3, -0.25) is 19.4 Å². The van der Waals surface area contributed by atoms with Crippen molar-refractivity contribution in [2.24, 2.45) is 5.73 Å². The Morgan fingerprint density at radius 2 is 1.79 bits per heavy atom. The summed E-state index contributed by atoms with van der Waals surface area (Å²) in [5, 5.41) is 3.29. The van der Waals surface area contributed by atoms with Gasteiger partial charge in [0.15, 0.2) is 0 Å². The standard InChI is InChI=1S/C21H24ClFN4O2/c1-14(21(29)25-16-7-5-15(6-8-16)20(24)28)27-11-9-26(10-12-27)13-17-18(22)3-2-4-19(17)23/h2-8,14H,9-13H2,1H3,(H2,24,28)(H,25,29). The predicted molar refractivity (Wildman–Crippen MR) is 111 cm³/mol. The lowest BCUT2D eigenvalue weighted by molar-refractivity contribution is -0.121. The van der Waals surface area contributed by atoms with Crippen molar-refractivity contribution in [3.63, 3.8) is 0 Å². The Morgan fingerprint density at radius 1 is 1.14 bits per heavy atom. The maximum atomic E-state index is 14.0. The van der Waals surface area contributed by atoms with Gasteiger partial charge < -0.3 is 11.1 Å². The molecule has 1 unspecified atom stereocenters. The number of rotatable bonds is 6. The van der Waals surface area contributed by atoms with Gasteiger partial charge in [-0.05, 0) is 43.3 Å². The number of nitrogens with one attached hydrogen (secondary N) is 1. The molecule has 1 heterocycles. The van der Waals surface area contributed by atoms with E-state index in [0.717, 1.165) is 13.1 Å².